The molecule has 0 fully saturated rings. The Morgan fingerprint density at radius 1 is 1.41 bits per heavy atom. The minimum Gasteiger partial charge on any atom is -0.299 e. The Morgan fingerprint density at radius 3 is 2.65 bits per heavy atom. The van der Waals surface area contributed by atoms with E-state index in [9.17, 15) is 5.26 Å². The lowest BCUT2D eigenvalue weighted by Gasteiger charge is -2.22. The number of nitrogens with zero attached hydrogens (tertiary/aromatic N) is 1. The molecule has 1 unspecified atom stereocenters. The highest BCUT2D eigenvalue weighted by Crippen LogP contribution is 2.26. The molecule has 0 saturated carbocycles. The summed E-state index contributed by atoms with van der Waals surface area (Å²) >= 11 is 1.74. The third-order valence-corrected chi connectivity index (χ3v) is 4.15. The molecule has 1 atom stereocenters. The summed E-state index contributed by atoms with van der Waals surface area (Å²) in [4.78, 5) is 1.26. The van der Waals surface area contributed by atoms with Crippen LogP contribution in [-0.2, 0) is 0 Å². The average molecular weight is 248 g/mol. The van der Waals surface area contributed by atoms with E-state index >= 15 is 0 Å². The third kappa shape index (κ3) is 4.07. The summed E-state index contributed by atoms with van der Waals surface area (Å²) in [7, 11) is 0. The second-order valence-electron chi connectivity index (χ2n) is 4.53. The van der Waals surface area contributed by atoms with Gasteiger partial charge < -0.3 is 0 Å². The molecule has 0 saturated heterocycles. The molecule has 0 bridgehead atoms. The fraction of sp³-hybridized carbons (Fsp3) is 0.500. The van der Waals surface area contributed by atoms with Gasteiger partial charge in [-0.15, -0.1) is 11.8 Å². The zero-order valence-electron chi connectivity index (χ0n) is 11.0. The second kappa shape index (κ2) is 6.09. The molecule has 0 aliphatic carbocycles. The van der Waals surface area contributed by atoms with Crippen molar-refractivity contribution in [1.82, 2.24) is 5.32 Å². The summed E-state index contributed by atoms with van der Waals surface area (Å²) < 4.78 is 0. The van der Waals surface area contributed by atoms with Gasteiger partial charge in [0, 0.05) is 10.6 Å². The molecule has 92 valence electrons. The molecule has 17 heavy (non-hydrogen) atoms. The average Bonchev–Trinajstić information content (AvgIpc) is 2.28. The van der Waals surface area contributed by atoms with Crippen molar-refractivity contribution in [2.75, 3.05) is 12.3 Å². The molecule has 1 aromatic rings. The molecular weight excluding hydrogens is 228 g/mol. The number of thioether (sulfide) groups is 1. The first kappa shape index (κ1) is 14.1. The van der Waals surface area contributed by atoms with E-state index < -0.39 is 5.54 Å². The van der Waals surface area contributed by atoms with E-state index in [4.69, 9.17) is 0 Å². The Labute approximate surface area is 108 Å². The van der Waals surface area contributed by atoms with E-state index in [1.54, 1.807) is 11.8 Å². The van der Waals surface area contributed by atoms with Crippen molar-refractivity contribution in [3.8, 4) is 6.07 Å². The first-order chi connectivity index (χ1) is 8.00. The van der Waals surface area contributed by atoms with E-state index in [1.165, 1.54) is 16.0 Å². The van der Waals surface area contributed by atoms with Gasteiger partial charge in [-0.05, 0) is 38.9 Å². The van der Waals surface area contributed by atoms with Gasteiger partial charge in [-0.25, -0.2) is 0 Å². The number of hydrogen-bond acceptors (Lipinski definition) is 3. The van der Waals surface area contributed by atoms with Crippen LogP contribution in [0.25, 0.3) is 0 Å². The maximum absolute atomic E-state index is 9.18. The number of benzene rings is 1. The standard InChI is InChI=1S/C14H20N2S/c1-5-16-14(4,9-15)10-17-13-7-6-11(2)8-12(13)3/h6-8,16H,5,10H2,1-4H3. The zero-order chi connectivity index (χ0) is 12.9. The van der Waals surface area contributed by atoms with Gasteiger partial charge in [-0.2, -0.15) is 5.26 Å². The quantitative estimate of drug-likeness (QED) is 0.812. The van der Waals surface area contributed by atoms with Crippen LogP contribution in [0.2, 0.25) is 0 Å². The monoisotopic (exact) mass is 248 g/mol. The van der Waals surface area contributed by atoms with E-state index in [0.29, 0.717) is 0 Å². The number of hydrogen-bond donors (Lipinski definition) is 1. The summed E-state index contributed by atoms with van der Waals surface area (Å²) in [6.07, 6.45) is 0. The highest BCUT2D eigenvalue weighted by atomic mass is 32.2. The van der Waals surface area contributed by atoms with Gasteiger partial charge in [0.25, 0.3) is 0 Å². The molecule has 0 spiro atoms. The molecule has 0 radical (unpaired) electrons. The molecule has 0 aromatic heterocycles. The van der Waals surface area contributed by atoms with Crippen molar-refractivity contribution in [2.24, 2.45) is 0 Å². The Morgan fingerprint density at radius 2 is 2.12 bits per heavy atom. The molecule has 0 heterocycles. The highest BCUT2D eigenvalue weighted by Gasteiger charge is 2.22. The van der Waals surface area contributed by atoms with Gasteiger partial charge in [-0.1, -0.05) is 24.6 Å². The third-order valence-electron chi connectivity index (χ3n) is 2.66. The van der Waals surface area contributed by atoms with Crippen LogP contribution in [0.4, 0.5) is 0 Å². The maximum atomic E-state index is 9.18. The molecule has 1 aromatic carbocycles. The fourth-order valence-electron chi connectivity index (χ4n) is 1.70. The summed E-state index contributed by atoms with van der Waals surface area (Å²) in [6, 6.07) is 8.78. The second-order valence-corrected chi connectivity index (χ2v) is 5.55. The fourth-order valence-corrected chi connectivity index (χ4v) is 2.76. The van der Waals surface area contributed by atoms with Crippen molar-refractivity contribution in [2.45, 2.75) is 38.1 Å². The largest absolute Gasteiger partial charge is 0.299 e. The first-order valence-corrected chi connectivity index (χ1v) is 6.85. The summed E-state index contributed by atoms with van der Waals surface area (Å²) in [6.45, 7) is 9.01. The number of rotatable bonds is 5. The van der Waals surface area contributed by atoms with Gasteiger partial charge in [-0.3, -0.25) is 5.32 Å². The van der Waals surface area contributed by atoms with E-state index in [1.807, 2.05) is 13.8 Å². The summed E-state index contributed by atoms with van der Waals surface area (Å²) in [5, 5.41) is 12.4. The van der Waals surface area contributed by atoms with Gasteiger partial charge in [0.15, 0.2) is 0 Å². The normalized spacial score (nSPS) is 14.1. The van der Waals surface area contributed by atoms with Crippen molar-refractivity contribution >= 4 is 11.8 Å². The van der Waals surface area contributed by atoms with Gasteiger partial charge in [0.05, 0.1) is 6.07 Å². The predicted octanol–water partition coefficient (Wildman–Crippen LogP) is 3.29. The van der Waals surface area contributed by atoms with E-state index in [-0.39, 0.29) is 0 Å². The van der Waals surface area contributed by atoms with Crippen molar-refractivity contribution in [1.29, 1.82) is 5.26 Å². The van der Waals surface area contributed by atoms with Crippen LogP contribution in [0, 0.1) is 25.2 Å². The van der Waals surface area contributed by atoms with Crippen molar-refractivity contribution < 1.29 is 0 Å². The molecule has 0 aliphatic heterocycles. The van der Waals surface area contributed by atoms with E-state index in [0.717, 1.165) is 12.3 Å². The van der Waals surface area contributed by atoms with Crippen LogP contribution in [0.15, 0.2) is 23.1 Å². The SMILES string of the molecule is CCNC(C)(C#N)CSc1ccc(C)cc1C. The smallest absolute Gasteiger partial charge is 0.113 e. The first-order valence-electron chi connectivity index (χ1n) is 5.87. The van der Waals surface area contributed by atoms with Crippen molar-refractivity contribution in [3.63, 3.8) is 0 Å². The van der Waals surface area contributed by atoms with E-state index in [2.05, 4.69) is 43.4 Å². The number of aryl methyl sites for hydroxylation is 2. The summed E-state index contributed by atoms with van der Waals surface area (Å²) in [5.41, 5.74) is 2.12. The Bertz CT molecular complexity index is 423. The molecule has 2 nitrogen and oxygen atoms in total. The van der Waals surface area contributed by atoms with Gasteiger partial charge >= 0.3 is 0 Å². The van der Waals surface area contributed by atoms with Crippen LogP contribution in [0.1, 0.15) is 25.0 Å². The predicted molar refractivity (Wildman–Crippen MR) is 74.3 cm³/mol. The number of nitrogens with one attached hydrogen (secondary N) is 1. The molecule has 0 amide bonds. The lowest BCUT2D eigenvalue weighted by Crippen LogP contribution is -2.43. The van der Waals surface area contributed by atoms with Gasteiger partial charge in [0.2, 0.25) is 0 Å². The molecule has 3 heteroatoms. The maximum Gasteiger partial charge on any atom is 0.113 e. The van der Waals surface area contributed by atoms with Crippen LogP contribution in [-0.4, -0.2) is 17.8 Å². The Balaban J connectivity index is 2.70. The topological polar surface area (TPSA) is 35.8 Å². The minimum absolute atomic E-state index is 0.448. The van der Waals surface area contributed by atoms with Crippen molar-refractivity contribution in [3.05, 3.63) is 29.3 Å². The molecule has 0 aliphatic rings. The van der Waals surface area contributed by atoms with Crippen LogP contribution < -0.4 is 5.32 Å². The molecular formula is C14H20N2S. The number of nitriles is 1. The Kier molecular flexibility index (Phi) is 5.04. The van der Waals surface area contributed by atoms with Crippen LogP contribution >= 0.6 is 11.8 Å². The minimum atomic E-state index is -0.448. The van der Waals surface area contributed by atoms with Crippen LogP contribution in [0.3, 0.4) is 0 Å². The highest BCUT2D eigenvalue weighted by molar-refractivity contribution is 7.99. The lowest BCUT2D eigenvalue weighted by atomic mass is 10.1. The molecule has 1 N–H and O–H groups in total. The summed E-state index contributed by atoms with van der Waals surface area (Å²) in [5.74, 6) is 0.765. The zero-order valence-corrected chi connectivity index (χ0v) is 11.8. The van der Waals surface area contributed by atoms with Crippen LogP contribution in [0.5, 0.6) is 0 Å². The van der Waals surface area contributed by atoms with Gasteiger partial charge in [0.1, 0.15) is 5.54 Å². The lowest BCUT2D eigenvalue weighted by molar-refractivity contribution is 0.511. The Hall–Kier alpha value is -0.980. The molecule has 1 rings (SSSR count).